The summed E-state index contributed by atoms with van der Waals surface area (Å²) in [5, 5.41) is 0. The molecule has 0 aliphatic carbocycles. The fourth-order valence-electron chi connectivity index (χ4n) is 3.66. The highest BCUT2D eigenvalue weighted by atomic mass is 32.2. The van der Waals surface area contributed by atoms with Gasteiger partial charge in [-0.1, -0.05) is 0 Å². The van der Waals surface area contributed by atoms with E-state index >= 15 is 0 Å². The molecule has 0 bridgehead atoms. The van der Waals surface area contributed by atoms with Crippen LogP contribution < -0.4 is 4.74 Å². The summed E-state index contributed by atoms with van der Waals surface area (Å²) in [4.78, 5) is 16.3. The highest BCUT2D eigenvalue weighted by Crippen LogP contribution is 2.20. The summed E-state index contributed by atoms with van der Waals surface area (Å²) in [7, 11) is -1.02. The lowest BCUT2D eigenvalue weighted by atomic mass is 10.1. The molecule has 0 aromatic heterocycles. The van der Waals surface area contributed by atoms with Gasteiger partial charge in [0.25, 0.3) is 0 Å². The fourth-order valence-corrected chi connectivity index (χ4v) is 5.47. The monoisotopic (exact) mass is 398 g/mol. The van der Waals surface area contributed by atoms with E-state index in [-0.39, 0.29) is 35.4 Å². The Bertz CT molecular complexity index is 745. The quantitative estimate of drug-likeness (QED) is 0.730. The Morgan fingerprint density at radius 3 is 2.48 bits per heavy atom. The normalized spacial score (nSPS) is 22.9. The standard InChI is InChI=1S/C19H27FN2O4S/c1-21(16-9-13-27(24,25)14-16)10-8-19(23)22-11-6-18(7-12-22)26-17-4-2-15(20)3-5-17/h2-5,16,18H,6-14H2,1H3. The molecule has 0 saturated carbocycles. The van der Waals surface area contributed by atoms with Gasteiger partial charge in [-0.3, -0.25) is 4.79 Å². The maximum atomic E-state index is 12.9. The van der Waals surface area contributed by atoms with Gasteiger partial charge < -0.3 is 14.5 Å². The first-order valence-corrected chi connectivity index (χ1v) is 11.3. The summed E-state index contributed by atoms with van der Waals surface area (Å²) in [5.41, 5.74) is 0. The number of hydrogen-bond donors (Lipinski definition) is 0. The number of halogens is 1. The summed E-state index contributed by atoms with van der Waals surface area (Å²) in [6.07, 6.45) is 2.58. The Morgan fingerprint density at radius 2 is 1.89 bits per heavy atom. The first-order chi connectivity index (χ1) is 12.8. The summed E-state index contributed by atoms with van der Waals surface area (Å²) in [6.45, 7) is 1.86. The predicted octanol–water partition coefficient (Wildman–Crippen LogP) is 1.70. The van der Waals surface area contributed by atoms with Crippen molar-refractivity contribution < 1.29 is 22.3 Å². The van der Waals surface area contributed by atoms with Crippen LogP contribution in [-0.2, 0) is 14.6 Å². The molecule has 2 aliphatic heterocycles. The van der Waals surface area contributed by atoms with E-state index < -0.39 is 9.84 Å². The summed E-state index contributed by atoms with van der Waals surface area (Å²) >= 11 is 0. The number of amides is 1. The number of hydrogen-bond acceptors (Lipinski definition) is 5. The summed E-state index contributed by atoms with van der Waals surface area (Å²) in [5.74, 6) is 0.904. The van der Waals surface area contributed by atoms with Crippen molar-refractivity contribution in [2.45, 2.75) is 37.8 Å². The molecular formula is C19H27FN2O4S. The average Bonchev–Trinajstić information content (AvgIpc) is 3.02. The van der Waals surface area contributed by atoms with E-state index in [0.29, 0.717) is 38.2 Å². The molecule has 150 valence electrons. The molecule has 1 amide bonds. The van der Waals surface area contributed by atoms with Crippen LogP contribution in [0.4, 0.5) is 4.39 Å². The van der Waals surface area contributed by atoms with Crippen molar-refractivity contribution in [2.24, 2.45) is 0 Å². The second-order valence-electron chi connectivity index (χ2n) is 7.44. The van der Waals surface area contributed by atoms with Gasteiger partial charge in [0, 0.05) is 44.9 Å². The Kier molecular flexibility index (Phi) is 6.37. The minimum atomic E-state index is -2.91. The SMILES string of the molecule is CN(CCC(=O)N1CCC(Oc2ccc(F)cc2)CC1)C1CCS(=O)(=O)C1. The molecule has 1 atom stereocenters. The lowest BCUT2D eigenvalue weighted by Crippen LogP contribution is -2.43. The number of sulfone groups is 1. The molecular weight excluding hydrogens is 371 g/mol. The van der Waals surface area contributed by atoms with Gasteiger partial charge in [-0.15, -0.1) is 0 Å². The molecule has 1 unspecified atom stereocenters. The molecule has 27 heavy (non-hydrogen) atoms. The van der Waals surface area contributed by atoms with Gasteiger partial charge in [-0.05, 0) is 37.7 Å². The second kappa shape index (κ2) is 8.56. The Balaban J connectivity index is 1.39. The zero-order valence-electron chi connectivity index (χ0n) is 15.6. The third-order valence-corrected chi connectivity index (χ3v) is 7.17. The van der Waals surface area contributed by atoms with Gasteiger partial charge in [0.15, 0.2) is 9.84 Å². The molecule has 8 heteroatoms. The fraction of sp³-hybridized carbons (Fsp3) is 0.632. The number of rotatable bonds is 6. The number of carbonyl (C=O) groups is 1. The van der Waals surface area contributed by atoms with Crippen LogP contribution in [-0.4, -0.2) is 74.5 Å². The first-order valence-electron chi connectivity index (χ1n) is 9.43. The number of benzene rings is 1. The minimum Gasteiger partial charge on any atom is -0.490 e. The highest BCUT2D eigenvalue weighted by Gasteiger charge is 2.31. The number of ether oxygens (including phenoxy) is 1. The van der Waals surface area contributed by atoms with E-state index in [1.807, 2.05) is 16.8 Å². The van der Waals surface area contributed by atoms with Gasteiger partial charge in [0.2, 0.25) is 5.91 Å². The predicted molar refractivity (Wildman–Crippen MR) is 101 cm³/mol. The zero-order valence-corrected chi connectivity index (χ0v) is 16.5. The summed E-state index contributed by atoms with van der Waals surface area (Å²) in [6, 6.07) is 6.01. The van der Waals surface area contributed by atoms with E-state index in [1.165, 1.54) is 12.1 Å². The molecule has 0 spiro atoms. The van der Waals surface area contributed by atoms with Gasteiger partial charge in [-0.25, -0.2) is 12.8 Å². The van der Waals surface area contributed by atoms with E-state index in [1.54, 1.807) is 12.1 Å². The molecule has 3 rings (SSSR count). The van der Waals surface area contributed by atoms with Crippen LogP contribution in [0, 0.1) is 5.82 Å². The third kappa shape index (κ3) is 5.65. The molecule has 2 fully saturated rings. The van der Waals surface area contributed by atoms with Gasteiger partial charge >= 0.3 is 0 Å². The van der Waals surface area contributed by atoms with Crippen molar-refractivity contribution in [3.63, 3.8) is 0 Å². The Hall–Kier alpha value is -1.67. The van der Waals surface area contributed by atoms with Gasteiger partial charge in [0.1, 0.15) is 17.7 Å². The Labute approximate surface area is 160 Å². The van der Waals surface area contributed by atoms with E-state index in [9.17, 15) is 17.6 Å². The van der Waals surface area contributed by atoms with Crippen LogP contribution in [0.2, 0.25) is 0 Å². The molecule has 6 nitrogen and oxygen atoms in total. The number of nitrogens with zero attached hydrogens (tertiary/aromatic N) is 2. The molecule has 0 N–H and O–H groups in total. The van der Waals surface area contributed by atoms with E-state index in [0.717, 1.165) is 12.8 Å². The largest absolute Gasteiger partial charge is 0.490 e. The zero-order chi connectivity index (χ0) is 19.4. The van der Waals surface area contributed by atoms with Crippen molar-refractivity contribution >= 4 is 15.7 Å². The van der Waals surface area contributed by atoms with Crippen molar-refractivity contribution in [1.29, 1.82) is 0 Å². The topological polar surface area (TPSA) is 66.9 Å². The van der Waals surface area contributed by atoms with Crippen LogP contribution >= 0.6 is 0 Å². The van der Waals surface area contributed by atoms with Crippen LogP contribution in [0.25, 0.3) is 0 Å². The van der Waals surface area contributed by atoms with Gasteiger partial charge in [-0.2, -0.15) is 0 Å². The third-order valence-electron chi connectivity index (χ3n) is 5.42. The van der Waals surface area contributed by atoms with Crippen LogP contribution in [0.1, 0.15) is 25.7 Å². The first kappa shape index (κ1) is 20.1. The van der Waals surface area contributed by atoms with Crippen LogP contribution in [0.3, 0.4) is 0 Å². The van der Waals surface area contributed by atoms with Crippen LogP contribution in [0.15, 0.2) is 24.3 Å². The lowest BCUT2D eigenvalue weighted by molar-refractivity contribution is -0.133. The Morgan fingerprint density at radius 1 is 1.22 bits per heavy atom. The smallest absolute Gasteiger partial charge is 0.223 e. The number of carbonyl (C=O) groups excluding carboxylic acids is 1. The van der Waals surface area contributed by atoms with Crippen molar-refractivity contribution in [1.82, 2.24) is 9.80 Å². The van der Waals surface area contributed by atoms with Crippen molar-refractivity contribution in [3.8, 4) is 5.75 Å². The highest BCUT2D eigenvalue weighted by molar-refractivity contribution is 7.91. The van der Waals surface area contributed by atoms with Gasteiger partial charge in [0.05, 0.1) is 11.5 Å². The molecule has 0 radical (unpaired) electrons. The maximum Gasteiger partial charge on any atom is 0.223 e. The number of piperidine rings is 1. The molecule has 1 aromatic carbocycles. The molecule has 2 heterocycles. The van der Waals surface area contributed by atoms with E-state index in [4.69, 9.17) is 4.74 Å². The molecule has 2 aliphatic rings. The molecule has 1 aromatic rings. The van der Waals surface area contributed by atoms with E-state index in [2.05, 4.69) is 0 Å². The second-order valence-corrected chi connectivity index (χ2v) is 9.67. The van der Waals surface area contributed by atoms with Crippen molar-refractivity contribution in [2.75, 3.05) is 38.2 Å². The average molecular weight is 399 g/mol. The van der Waals surface area contributed by atoms with Crippen molar-refractivity contribution in [3.05, 3.63) is 30.1 Å². The number of likely N-dealkylation sites (tertiary alicyclic amines) is 1. The maximum absolute atomic E-state index is 12.9. The van der Waals surface area contributed by atoms with Crippen LogP contribution in [0.5, 0.6) is 5.75 Å². The lowest BCUT2D eigenvalue weighted by Gasteiger charge is -2.33. The molecule has 2 saturated heterocycles. The minimum absolute atomic E-state index is 0.0256. The summed E-state index contributed by atoms with van der Waals surface area (Å²) < 4.78 is 41.9.